The highest BCUT2D eigenvalue weighted by atomic mass is 35.5. The molecule has 194 valence electrons. The highest BCUT2D eigenvalue weighted by molar-refractivity contribution is 6.30. The first-order valence-electron chi connectivity index (χ1n) is 11.9. The second-order valence-corrected chi connectivity index (χ2v) is 10.1. The Hall–Kier alpha value is -2.72. The number of ketones is 1. The van der Waals surface area contributed by atoms with E-state index < -0.39 is 18.9 Å². The van der Waals surface area contributed by atoms with Gasteiger partial charge in [0.05, 0.1) is 0 Å². The summed E-state index contributed by atoms with van der Waals surface area (Å²) in [6.45, 7) is 4.43. The summed E-state index contributed by atoms with van der Waals surface area (Å²) in [5, 5.41) is 13.1. The number of carbonyl (C=O) groups is 1. The molecular weight excluding hydrogens is 497 g/mol. The van der Waals surface area contributed by atoms with Crippen LogP contribution < -0.4 is 0 Å². The number of halogens is 4. The van der Waals surface area contributed by atoms with E-state index in [1.165, 1.54) is 0 Å². The predicted octanol–water partition coefficient (Wildman–Crippen LogP) is 6.25. The van der Waals surface area contributed by atoms with Gasteiger partial charge in [-0.1, -0.05) is 36.7 Å². The molecule has 2 aromatic heterocycles. The lowest BCUT2D eigenvalue weighted by atomic mass is 10.0. The molecule has 0 N–H and O–H groups in total. The smallest absolute Gasteiger partial charge is 0.361 e. The minimum Gasteiger partial charge on any atom is -0.361 e. The Bertz CT molecular complexity index is 1220. The standard InChI is InChI=1S/C25H28ClF3N4O3/c1-14(2)8-20-12-21(32-36-20)23-30-31-24(33(23)18-6-7-18)22(35-13-25(27,28)29)11-19(34)10-16-4-5-17(26)9-15(16)3/h4-5,9,12,14,18,22H,6-8,10-11,13H2,1-3H3/t22-/m0/s1. The fourth-order valence-corrected chi connectivity index (χ4v) is 4.30. The van der Waals surface area contributed by atoms with E-state index in [9.17, 15) is 18.0 Å². The zero-order valence-electron chi connectivity index (χ0n) is 20.3. The second kappa shape index (κ2) is 10.7. The highest BCUT2D eigenvalue weighted by Crippen LogP contribution is 2.41. The van der Waals surface area contributed by atoms with Gasteiger partial charge in [-0.3, -0.25) is 4.79 Å². The summed E-state index contributed by atoms with van der Waals surface area (Å²) in [5.74, 6) is 1.35. The molecule has 1 aromatic carbocycles. The van der Waals surface area contributed by atoms with Crippen LogP contribution in [-0.4, -0.2) is 38.5 Å². The number of nitrogens with zero attached hydrogens (tertiary/aromatic N) is 4. The third-order valence-corrected chi connectivity index (χ3v) is 6.11. The summed E-state index contributed by atoms with van der Waals surface area (Å²) >= 11 is 5.99. The molecule has 0 spiro atoms. The second-order valence-electron chi connectivity index (χ2n) is 9.66. The fraction of sp³-hybridized carbons (Fsp3) is 0.520. The van der Waals surface area contributed by atoms with Gasteiger partial charge >= 0.3 is 6.18 Å². The van der Waals surface area contributed by atoms with Crippen LogP contribution in [0.15, 0.2) is 28.8 Å². The van der Waals surface area contributed by atoms with Crippen LogP contribution >= 0.6 is 11.6 Å². The molecule has 1 aliphatic rings. The predicted molar refractivity (Wildman–Crippen MR) is 127 cm³/mol. The summed E-state index contributed by atoms with van der Waals surface area (Å²) in [4.78, 5) is 13.0. The number of Topliss-reactive ketones (excluding diaryl/α,β-unsaturated/α-hetero) is 1. The normalized spacial score (nSPS) is 15.0. The lowest BCUT2D eigenvalue weighted by molar-refractivity contribution is -0.188. The Morgan fingerprint density at radius 1 is 1.25 bits per heavy atom. The average molecular weight is 525 g/mol. The van der Waals surface area contributed by atoms with Gasteiger partial charge in [0.2, 0.25) is 0 Å². The SMILES string of the molecule is Cc1cc(Cl)ccc1CC(=O)C[C@H](OCC(F)(F)F)c1nnc(-c2cc(CC(C)C)on2)n1C1CC1. The Labute approximate surface area is 212 Å². The molecule has 0 saturated heterocycles. The first-order valence-corrected chi connectivity index (χ1v) is 12.2. The number of alkyl halides is 3. The van der Waals surface area contributed by atoms with E-state index in [1.54, 1.807) is 28.8 Å². The summed E-state index contributed by atoms with van der Waals surface area (Å²) < 4.78 is 51.6. The first-order chi connectivity index (χ1) is 17.0. The maximum atomic E-state index is 13.1. The minimum absolute atomic E-state index is 0.000784. The van der Waals surface area contributed by atoms with Gasteiger partial charge in [0, 0.05) is 36.4 Å². The van der Waals surface area contributed by atoms with Gasteiger partial charge in [-0.2, -0.15) is 13.2 Å². The largest absolute Gasteiger partial charge is 0.411 e. The number of aryl methyl sites for hydroxylation is 1. The summed E-state index contributed by atoms with van der Waals surface area (Å²) in [6, 6.07) is 6.93. The number of ether oxygens (including phenoxy) is 1. The molecule has 1 aliphatic carbocycles. The molecule has 36 heavy (non-hydrogen) atoms. The number of hydrogen-bond donors (Lipinski definition) is 0. The monoisotopic (exact) mass is 524 g/mol. The van der Waals surface area contributed by atoms with E-state index >= 15 is 0 Å². The van der Waals surface area contributed by atoms with Crippen LogP contribution in [0.25, 0.3) is 11.5 Å². The maximum absolute atomic E-state index is 13.1. The molecule has 4 rings (SSSR count). The van der Waals surface area contributed by atoms with E-state index in [2.05, 4.69) is 29.2 Å². The van der Waals surface area contributed by atoms with Crippen molar-refractivity contribution >= 4 is 17.4 Å². The van der Waals surface area contributed by atoms with Crippen molar-refractivity contribution in [3.8, 4) is 11.5 Å². The quantitative estimate of drug-likeness (QED) is 0.295. The molecular formula is C25H28ClF3N4O3. The molecule has 0 unspecified atom stereocenters. The van der Waals surface area contributed by atoms with Crippen molar-refractivity contribution < 1.29 is 27.2 Å². The summed E-state index contributed by atoms with van der Waals surface area (Å²) in [5.41, 5.74) is 2.04. The van der Waals surface area contributed by atoms with Crippen LogP contribution in [0, 0.1) is 12.8 Å². The number of aromatic nitrogens is 4. The Kier molecular flexibility index (Phi) is 7.85. The van der Waals surface area contributed by atoms with Gasteiger partial charge in [-0.15, -0.1) is 10.2 Å². The van der Waals surface area contributed by atoms with Crippen LogP contribution in [0.5, 0.6) is 0 Å². The molecule has 1 fully saturated rings. The molecule has 1 atom stereocenters. The van der Waals surface area contributed by atoms with E-state index in [0.717, 1.165) is 24.0 Å². The van der Waals surface area contributed by atoms with Crippen LogP contribution in [0.4, 0.5) is 13.2 Å². The van der Waals surface area contributed by atoms with Gasteiger partial charge in [0.25, 0.3) is 0 Å². The molecule has 2 heterocycles. The van der Waals surface area contributed by atoms with Crippen LogP contribution in [0.3, 0.4) is 0 Å². The van der Waals surface area contributed by atoms with E-state index in [4.69, 9.17) is 20.9 Å². The van der Waals surface area contributed by atoms with Gasteiger partial charge in [-0.25, -0.2) is 0 Å². The van der Waals surface area contributed by atoms with Crippen LogP contribution in [-0.2, 0) is 22.4 Å². The zero-order chi connectivity index (χ0) is 26.0. The van der Waals surface area contributed by atoms with Gasteiger partial charge in [0.15, 0.2) is 17.3 Å². The van der Waals surface area contributed by atoms with Crippen LogP contribution in [0.2, 0.25) is 5.02 Å². The highest BCUT2D eigenvalue weighted by Gasteiger charge is 2.37. The van der Waals surface area contributed by atoms with E-state index in [-0.39, 0.29) is 30.5 Å². The van der Waals surface area contributed by atoms with E-state index in [1.807, 2.05) is 6.92 Å². The zero-order valence-corrected chi connectivity index (χ0v) is 21.1. The van der Waals surface area contributed by atoms with Gasteiger partial charge in [0.1, 0.15) is 24.3 Å². The summed E-state index contributed by atoms with van der Waals surface area (Å²) in [7, 11) is 0. The number of benzene rings is 1. The molecule has 3 aromatic rings. The van der Waals surface area contributed by atoms with Gasteiger partial charge in [-0.05, 0) is 48.9 Å². The molecule has 0 amide bonds. The lowest BCUT2D eigenvalue weighted by Crippen LogP contribution is -2.23. The van der Waals surface area contributed by atoms with Crippen molar-refractivity contribution in [2.24, 2.45) is 5.92 Å². The minimum atomic E-state index is -4.56. The Morgan fingerprint density at radius 3 is 2.64 bits per heavy atom. The molecule has 0 radical (unpaired) electrons. The van der Waals surface area contributed by atoms with Crippen molar-refractivity contribution in [1.82, 2.24) is 19.9 Å². The van der Waals surface area contributed by atoms with Gasteiger partial charge < -0.3 is 13.8 Å². The number of rotatable bonds is 11. The molecule has 1 saturated carbocycles. The number of hydrogen-bond acceptors (Lipinski definition) is 6. The maximum Gasteiger partial charge on any atom is 0.411 e. The third-order valence-electron chi connectivity index (χ3n) is 5.87. The summed E-state index contributed by atoms with van der Waals surface area (Å²) in [6.07, 6.45) is -3.68. The van der Waals surface area contributed by atoms with Crippen molar-refractivity contribution in [2.45, 2.75) is 71.2 Å². The van der Waals surface area contributed by atoms with Crippen molar-refractivity contribution in [2.75, 3.05) is 6.61 Å². The van der Waals surface area contributed by atoms with Crippen molar-refractivity contribution in [3.63, 3.8) is 0 Å². The number of carbonyl (C=O) groups excluding carboxylic acids is 1. The fourth-order valence-electron chi connectivity index (χ4n) is 4.08. The van der Waals surface area contributed by atoms with E-state index in [0.29, 0.717) is 34.6 Å². The molecule has 0 aliphatic heterocycles. The molecule has 7 nitrogen and oxygen atoms in total. The third kappa shape index (κ3) is 6.73. The molecule has 0 bridgehead atoms. The lowest BCUT2D eigenvalue weighted by Gasteiger charge is -2.19. The molecule has 11 heteroatoms. The Morgan fingerprint density at radius 2 is 2.00 bits per heavy atom. The Balaban J connectivity index is 1.61. The topological polar surface area (TPSA) is 83.0 Å². The van der Waals surface area contributed by atoms with Crippen molar-refractivity contribution in [3.05, 3.63) is 52.0 Å². The average Bonchev–Trinajstić information content (AvgIpc) is 3.35. The van der Waals surface area contributed by atoms with Crippen LogP contribution in [0.1, 0.15) is 68.0 Å². The van der Waals surface area contributed by atoms with Crippen molar-refractivity contribution in [1.29, 1.82) is 0 Å². The first kappa shape index (κ1) is 26.3.